The van der Waals surface area contributed by atoms with E-state index >= 15 is 0 Å². The highest BCUT2D eigenvalue weighted by atomic mass is 32.2. The Morgan fingerprint density at radius 2 is 1.67 bits per heavy atom. The zero-order valence-electron chi connectivity index (χ0n) is 21.3. The van der Waals surface area contributed by atoms with Gasteiger partial charge in [-0.25, -0.2) is 0 Å². The number of halogens is 3. The van der Waals surface area contributed by atoms with Crippen LogP contribution < -0.4 is 0 Å². The summed E-state index contributed by atoms with van der Waals surface area (Å²) in [5.41, 5.74) is -6.08. The van der Waals surface area contributed by atoms with E-state index in [1.165, 1.54) is 0 Å². The van der Waals surface area contributed by atoms with Crippen molar-refractivity contribution < 1.29 is 32.2 Å². The molecule has 0 heterocycles. The molecule has 0 radical (unpaired) electrons. The first-order valence-corrected chi connectivity index (χ1v) is 14.2. The SMILES string of the molecule is CC1CC2CCCC(C(=O)OCC(CN([O-])SC(F)(F)F)OC(=O)C3(C)CC4CCCC(C4)C3)(C1)C2. The molecule has 6 nitrogen and oxygen atoms in total. The Bertz CT molecular complexity index is 795. The standard InChI is InChI=1S/C26H39F3NO5S/c1-17-9-18-7-4-8-25(11-17,14-18)23(32)34-16-21(15-30(33)36-26(27,28)29)35-22(31)24(2)12-19-5-3-6-20(10-19)13-24/h17-21H,3-16H2,1-2H3/q-1. The van der Waals surface area contributed by atoms with Crippen LogP contribution in [0.15, 0.2) is 0 Å². The molecule has 6 unspecified atom stereocenters. The van der Waals surface area contributed by atoms with E-state index in [0.717, 1.165) is 64.2 Å². The number of carbonyl (C=O) groups is 2. The number of esters is 2. The van der Waals surface area contributed by atoms with E-state index < -0.39 is 53.5 Å². The Morgan fingerprint density at radius 1 is 1.03 bits per heavy atom. The van der Waals surface area contributed by atoms with Crippen LogP contribution in [0.4, 0.5) is 13.2 Å². The summed E-state index contributed by atoms with van der Waals surface area (Å²) in [5.74, 6) is 0.877. The first-order valence-electron chi connectivity index (χ1n) is 13.4. The van der Waals surface area contributed by atoms with Gasteiger partial charge in [-0.3, -0.25) is 9.59 Å². The van der Waals surface area contributed by atoms with Gasteiger partial charge in [0.1, 0.15) is 12.7 Å². The summed E-state index contributed by atoms with van der Waals surface area (Å²) >= 11 is -0.818. The van der Waals surface area contributed by atoms with E-state index in [9.17, 15) is 28.0 Å². The number of rotatable bonds is 8. The molecule has 0 aromatic heterocycles. The first-order chi connectivity index (χ1) is 16.9. The lowest BCUT2D eigenvalue weighted by Crippen LogP contribution is -2.46. The molecule has 0 aliphatic heterocycles. The average molecular weight is 535 g/mol. The van der Waals surface area contributed by atoms with Crippen LogP contribution in [0.3, 0.4) is 0 Å². The molecule has 4 fully saturated rings. The zero-order chi connectivity index (χ0) is 26.1. The topological polar surface area (TPSA) is 78.9 Å². The van der Waals surface area contributed by atoms with Crippen LogP contribution in [-0.4, -0.2) is 41.2 Å². The second-order valence-electron chi connectivity index (χ2n) is 12.3. The van der Waals surface area contributed by atoms with Crippen molar-refractivity contribution >= 4 is 23.9 Å². The van der Waals surface area contributed by atoms with Gasteiger partial charge in [-0.15, -0.1) is 0 Å². The van der Waals surface area contributed by atoms with Crippen molar-refractivity contribution in [2.24, 2.45) is 34.5 Å². The smallest absolute Gasteiger partial charge is 0.455 e. The van der Waals surface area contributed by atoms with Gasteiger partial charge in [0.15, 0.2) is 0 Å². The van der Waals surface area contributed by atoms with Crippen LogP contribution in [0.25, 0.3) is 0 Å². The third kappa shape index (κ3) is 6.90. The minimum absolute atomic E-state index is 0.235. The Balaban J connectivity index is 1.42. The van der Waals surface area contributed by atoms with Crippen LogP contribution in [0.2, 0.25) is 0 Å². The van der Waals surface area contributed by atoms with E-state index in [2.05, 4.69) is 6.92 Å². The van der Waals surface area contributed by atoms with Gasteiger partial charge in [0.05, 0.1) is 10.8 Å². The van der Waals surface area contributed by atoms with Crippen molar-refractivity contribution in [1.29, 1.82) is 0 Å². The predicted octanol–water partition coefficient (Wildman–Crippen LogP) is 6.62. The highest BCUT2D eigenvalue weighted by Crippen LogP contribution is 2.52. The maximum Gasteiger partial charge on any atom is 0.455 e. The third-order valence-corrected chi connectivity index (χ3v) is 9.51. The molecule has 0 spiro atoms. The van der Waals surface area contributed by atoms with Gasteiger partial charge in [-0.2, -0.15) is 13.2 Å². The molecule has 0 saturated heterocycles. The van der Waals surface area contributed by atoms with Gasteiger partial charge in [-0.1, -0.05) is 39.0 Å². The molecule has 0 aromatic carbocycles. The van der Waals surface area contributed by atoms with Crippen molar-refractivity contribution in [1.82, 2.24) is 4.47 Å². The highest BCUT2D eigenvalue weighted by molar-refractivity contribution is 7.97. The molecule has 206 valence electrons. The minimum Gasteiger partial charge on any atom is -0.775 e. The fourth-order valence-corrected chi connectivity index (χ4v) is 8.29. The number of hydroxylamine groups is 1. The summed E-state index contributed by atoms with van der Waals surface area (Å²) in [6.07, 6.45) is 9.84. The number of alkyl halides is 3. The lowest BCUT2D eigenvalue weighted by Gasteiger charge is -2.46. The Morgan fingerprint density at radius 3 is 2.33 bits per heavy atom. The Labute approximate surface area is 216 Å². The molecule has 10 heteroatoms. The molecule has 4 aliphatic rings. The largest absolute Gasteiger partial charge is 0.775 e. The van der Waals surface area contributed by atoms with Gasteiger partial charge < -0.3 is 19.1 Å². The molecule has 0 N–H and O–H groups in total. The summed E-state index contributed by atoms with van der Waals surface area (Å²) in [4.78, 5) is 26.5. The van der Waals surface area contributed by atoms with Crippen LogP contribution in [0.1, 0.15) is 90.9 Å². The maximum absolute atomic E-state index is 13.3. The predicted molar refractivity (Wildman–Crippen MR) is 130 cm³/mol. The molecule has 4 bridgehead atoms. The van der Waals surface area contributed by atoms with Gasteiger partial charge in [-0.05, 0) is 75.5 Å². The van der Waals surface area contributed by atoms with Crippen molar-refractivity contribution in [3.63, 3.8) is 0 Å². The second kappa shape index (κ2) is 11.0. The van der Waals surface area contributed by atoms with Crippen molar-refractivity contribution in [3.8, 4) is 0 Å². The van der Waals surface area contributed by atoms with Crippen LogP contribution >= 0.6 is 11.9 Å². The third-order valence-electron chi connectivity index (χ3n) is 8.95. The van der Waals surface area contributed by atoms with Gasteiger partial charge >= 0.3 is 17.4 Å². The zero-order valence-corrected chi connectivity index (χ0v) is 22.1. The molecular formula is C26H39F3NO5S-. The normalized spacial score (nSPS) is 37.3. The summed E-state index contributed by atoms with van der Waals surface area (Å²) in [7, 11) is 0. The van der Waals surface area contributed by atoms with Crippen molar-refractivity contribution in [2.45, 2.75) is 103 Å². The van der Waals surface area contributed by atoms with Crippen molar-refractivity contribution in [3.05, 3.63) is 5.21 Å². The second-order valence-corrected chi connectivity index (χ2v) is 13.4. The highest BCUT2D eigenvalue weighted by Gasteiger charge is 2.49. The fourth-order valence-electron chi connectivity index (χ4n) is 7.82. The van der Waals surface area contributed by atoms with Crippen LogP contribution in [0.5, 0.6) is 0 Å². The van der Waals surface area contributed by atoms with Gasteiger partial charge in [0.2, 0.25) is 0 Å². The lowest BCUT2D eigenvalue weighted by atomic mass is 9.59. The van der Waals surface area contributed by atoms with Crippen LogP contribution in [-0.2, 0) is 19.1 Å². The fraction of sp³-hybridized carbons (Fsp3) is 0.923. The van der Waals surface area contributed by atoms with E-state index in [0.29, 0.717) is 36.5 Å². The average Bonchev–Trinajstić information content (AvgIpc) is 2.75. The van der Waals surface area contributed by atoms with E-state index in [-0.39, 0.29) is 10.4 Å². The Kier molecular flexibility index (Phi) is 8.57. The number of fused-ring (bicyclic) bond motifs is 4. The monoisotopic (exact) mass is 534 g/mol. The summed E-state index contributed by atoms with van der Waals surface area (Å²) < 4.78 is 49.3. The summed E-state index contributed by atoms with van der Waals surface area (Å²) in [6.45, 7) is 2.85. The Hall–Kier alpha value is -1.00. The number of hydrogen-bond donors (Lipinski definition) is 0. The summed E-state index contributed by atoms with van der Waals surface area (Å²) in [5, 5.41) is 12.1. The quantitative estimate of drug-likeness (QED) is 0.197. The van der Waals surface area contributed by atoms with Gasteiger partial charge in [0.25, 0.3) is 0 Å². The number of hydrogen-bond acceptors (Lipinski definition) is 7. The molecule has 4 rings (SSSR count). The van der Waals surface area contributed by atoms with Gasteiger partial charge in [0, 0.05) is 18.5 Å². The number of ether oxygens (including phenoxy) is 2. The number of nitrogens with zero attached hydrogens (tertiary/aromatic N) is 1. The molecule has 0 aromatic rings. The number of carbonyl (C=O) groups excluding carboxylic acids is 2. The van der Waals surface area contributed by atoms with E-state index in [1.807, 2.05) is 6.92 Å². The minimum atomic E-state index is -4.76. The lowest BCUT2D eigenvalue weighted by molar-refractivity contribution is -0.177. The van der Waals surface area contributed by atoms with E-state index in [4.69, 9.17) is 9.47 Å². The molecule has 4 saturated carbocycles. The molecular weight excluding hydrogens is 495 g/mol. The van der Waals surface area contributed by atoms with Crippen LogP contribution in [0, 0.1) is 39.7 Å². The molecule has 4 aliphatic carbocycles. The summed E-state index contributed by atoms with van der Waals surface area (Å²) in [6, 6.07) is 0. The van der Waals surface area contributed by atoms with Crippen molar-refractivity contribution in [2.75, 3.05) is 13.2 Å². The molecule has 0 amide bonds. The maximum atomic E-state index is 13.3. The first kappa shape index (κ1) is 28.0. The molecule has 6 atom stereocenters. The molecule has 36 heavy (non-hydrogen) atoms. The van der Waals surface area contributed by atoms with E-state index in [1.54, 1.807) is 0 Å².